The Hall–Kier alpha value is -2.13. The number of thiophene rings is 1. The van der Waals surface area contributed by atoms with E-state index in [-0.39, 0.29) is 11.3 Å². The number of halogens is 1. The van der Waals surface area contributed by atoms with Crippen molar-refractivity contribution in [1.82, 2.24) is 15.3 Å². The number of nitrogens with zero attached hydrogens (tertiary/aromatic N) is 2. The van der Waals surface area contributed by atoms with Crippen molar-refractivity contribution < 1.29 is 19.1 Å². The highest BCUT2D eigenvalue weighted by atomic mass is 35.5. The van der Waals surface area contributed by atoms with Crippen LogP contribution in [0.4, 0.5) is 15.4 Å². The molecular formula is C20H29ClN4O4S. The van der Waals surface area contributed by atoms with Crippen LogP contribution in [-0.2, 0) is 15.9 Å². The van der Waals surface area contributed by atoms with Crippen molar-refractivity contribution in [3.8, 4) is 0 Å². The molecule has 166 valence electrons. The summed E-state index contributed by atoms with van der Waals surface area (Å²) in [4.78, 5) is 33.7. The Morgan fingerprint density at radius 2 is 1.63 bits per heavy atom. The number of fused-ring (bicyclic) bond motifs is 1. The van der Waals surface area contributed by atoms with E-state index in [0.717, 1.165) is 10.4 Å². The number of alkyl carbamates (subject to hydrolysis) is 1. The van der Waals surface area contributed by atoms with Crippen molar-refractivity contribution >= 4 is 51.2 Å². The van der Waals surface area contributed by atoms with Crippen molar-refractivity contribution in [3.05, 3.63) is 15.7 Å². The number of hydrogen-bond acceptors (Lipinski definition) is 7. The van der Waals surface area contributed by atoms with Gasteiger partial charge in [-0.15, -0.1) is 11.3 Å². The molecule has 2 heterocycles. The summed E-state index contributed by atoms with van der Waals surface area (Å²) in [5.41, 5.74) is 0.375. The third-order valence-corrected chi connectivity index (χ3v) is 5.19. The van der Waals surface area contributed by atoms with Gasteiger partial charge in [0, 0.05) is 17.3 Å². The summed E-state index contributed by atoms with van der Waals surface area (Å²) in [6, 6.07) is -0.169. The number of rotatable bonds is 4. The molecule has 0 aliphatic heterocycles. The van der Waals surface area contributed by atoms with Gasteiger partial charge in [0.2, 0.25) is 5.28 Å². The normalized spacial score (nSPS) is 13.1. The molecule has 2 aromatic rings. The van der Waals surface area contributed by atoms with Gasteiger partial charge in [-0.05, 0) is 72.6 Å². The fraction of sp³-hybridized carbons (Fsp3) is 0.600. The van der Waals surface area contributed by atoms with Crippen molar-refractivity contribution in [2.45, 2.75) is 79.1 Å². The summed E-state index contributed by atoms with van der Waals surface area (Å²) < 4.78 is 11.3. The van der Waals surface area contributed by atoms with Gasteiger partial charge in [-0.25, -0.2) is 14.6 Å². The molecule has 0 spiro atoms. The second-order valence-electron chi connectivity index (χ2n) is 9.05. The molecule has 0 bridgehead atoms. The SMILES string of the molecule is Cc1c(CC(C)NC(=O)OC(C)(C)C)sc2c(NC(=O)OC(C)(C)C)nc(Cl)nc12. The zero-order valence-corrected chi connectivity index (χ0v) is 20.2. The average molecular weight is 457 g/mol. The van der Waals surface area contributed by atoms with E-state index in [1.807, 2.05) is 34.6 Å². The van der Waals surface area contributed by atoms with E-state index in [2.05, 4.69) is 20.6 Å². The Kier molecular flexibility index (Phi) is 7.19. The Morgan fingerprint density at radius 3 is 2.20 bits per heavy atom. The van der Waals surface area contributed by atoms with Gasteiger partial charge in [0.25, 0.3) is 0 Å². The van der Waals surface area contributed by atoms with E-state index in [1.54, 1.807) is 20.8 Å². The lowest BCUT2D eigenvalue weighted by atomic mass is 10.1. The monoisotopic (exact) mass is 456 g/mol. The lowest BCUT2D eigenvalue weighted by molar-refractivity contribution is 0.0507. The van der Waals surface area contributed by atoms with Crippen LogP contribution in [0, 0.1) is 6.92 Å². The molecule has 2 N–H and O–H groups in total. The fourth-order valence-corrected chi connectivity index (χ4v) is 4.11. The zero-order chi connectivity index (χ0) is 22.9. The first-order valence-electron chi connectivity index (χ1n) is 9.59. The van der Waals surface area contributed by atoms with Crippen LogP contribution in [-0.4, -0.2) is 39.4 Å². The Labute approximate surface area is 185 Å². The quantitative estimate of drug-likeness (QED) is 0.592. The largest absolute Gasteiger partial charge is 0.444 e. The topological polar surface area (TPSA) is 102 Å². The molecule has 10 heteroatoms. The number of hydrogen-bond donors (Lipinski definition) is 2. The molecule has 0 aromatic carbocycles. The molecule has 8 nitrogen and oxygen atoms in total. The lowest BCUT2D eigenvalue weighted by Crippen LogP contribution is -2.38. The minimum atomic E-state index is -0.640. The second kappa shape index (κ2) is 8.93. The van der Waals surface area contributed by atoms with Gasteiger partial charge in [0.05, 0.1) is 10.2 Å². The Balaban J connectivity index is 2.24. The molecule has 1 atom stereocenters. The van der Waals surface area contributed by atoms with E-state index in [1.165, 1.54) is 11.3 Å². The number of ether oxygens (including phenoxy) is 2. The van der Waals surface area contributed by atoms with E-state index in [9.17, 15) is 9.59 Å². The fourth-order valence-electron chi connectivity index (χ4n) is 2.62. The molecule has 2 rings (SSSR count). The standard InChI is InChI=1S/C20H29ClN4O4S/c1-10(22-17(26)28-19(3,4)5)9-12-11(2)13-14(30-12)15(24-16(21)23-13)25-18(27)29-20(6,7)8/h10H,9H2,1-8H3,(H,22,26)(H,23,24,25,27). The van der Waals surface area contributed by atoms with Crippen LogP contribution in [0.3, 0.4) is 0 Å². The number of aryl methyl sites for hydroxylation is 1. The predicted molar refractivity (Wildman–Crippen MR) is 120 cm³/mol. The first kappa shape index (κ1) is 24.1. The summed E-state index contributed by atoms with van der Waals surface area (Å²) in [5.74, 6) is 0.298. The van der Waals surface area contributed by atoms with Gasteiger partial charge >= 0.3 is 12.2 Å². The first-order chi connectivity index (χ1) is 13.6. The average Bonchev–Trinajstić information content (AvgIpc) is 2.80. The predicted octanol–water partition coefficient (Wildman–Crippen LogP) is 5.46. The number of nitrogens with one attached hydrogen (secondary N) is 2. The summed E-state index contributed by atoms with van der Waals surface area (Å²) in [5, 5.41) is 5.52. The highest BCUT2D eigenvalue weighted by Gasteiger charge is 2.22. The number of carbonyl (C=O) groups is 2. The van der Waals surface area contributed by atoms with Crippen molar-refractivity contribution in [2.75, 3.05) is 5.32 Å². The molecule has 1 unspecified atom stereocenters. The van der Waals surface area contributed by atoms with Gasteiger partial charge in [0.1, 0.15) is 11.2 Å². The molecule has 0 aliphatic rings. The molecule has 0 fully saturated rings. The molecule has 0 radical (unpaired) electrons. The van der Waals surface area contributed by atoms with Gasteiger partial charge < -0.3 is 14.8 Å². The van der Waals surface area contributed by atoms with Crippen LogP contribution in [0.15, 0.2) is 0 Å². The lowest BCUT2D eigenvalue weighted by Gasteiger charge is -2.21. The van der Waals surface area contributed by atoms with Gasteiger partial charge in [0.15, 0.2) is 5.82 Å². The minimum absolute atomic E-state index is 0.0286. The maximum absolute atomic E-state index is 12.2. The smallest absolute Gasteiger partial charge is 0.413 e. The molecule has 30 heavy (non-hydrogen) atoms. The number of carbonyl (C=O) groups excluding carboxylic acids is 2. The van der Waals surface area contributed by atoms with Gasteiger partial charge in [-0.2, -0.15) is 4.98 Å². The highest BCUT2D eigenvalue weighted by molar-refractivity contribution is 7.19. The summed E-state index contributed by atoms with van der Waals surface area (Å²) >= 11 is 7.52. The minimum Gasteiger partial charge on any atom is -0.444 e. The van der Waals surface area contributed by atoms with Gasteiger partial charge in [-0.3, -0.25) is 5.32 Å². The van der Waals surface area contributed by atoms with E-state index in [4.69, 9.17) is 21.1 Å². The van der Waals surface area contributed by atoms with E-state index >= 15 is 0 Å². The van der Waals surface area contributed by atoms with Crippen LogP contribution < -0.4 is 10.6 Å². The second-order valence-corrected chi connectivity index (χ2v) is 10.5. The van der Waals surface area contributed by atoms with E-state index in [0.29, 0.717) is 22.5 Å². The van der Waals surface area contributed by atoms with Crippen LogP contribution in [0.1, 0.15) is 58.9 Å². The molecule has 2 aromatic heterocycles. The van der Waals surface area contributed by atoms with Crippen molar-refractivity contribution in [1.29, 1.82) is 0 Å². The Bertz CT molecular complexity index is 947. The molecule has 0 aliphatic carbocycles. The van der Waals surface area contributed by atoms with Crippen LogP contribution in [0.5, 0.6) is 0 Å². The highest BCUT2D eigenvalue weighted by Crippen LogP contribution is 2.35. The number of aromatic nitrogens is 2. The molecule has 0 saturated heterocycles. The van der Waals surface area contributed by atoms with Crippen LogP contribution >= 0.6 is 22.9 Å². The van der Waals surface area contributed by atoms with E-state index < -0.39 is 23.4 Å². The van der Waals surface area contributed by atoms with Crippen LogP contribution in [0.25, 0.3) is 10.2 Å². The van der Waals surface area contributed by atoms with Gasteiger partial charge in [-0.1, -0.05) is 0 Å². The number of amides is 2. The molecule has 0 saturated carbocycles. The summed E-state index contributed by atoms with van der Waals surface area (Å²) in [6.07, 6.45) is -0.523. The van der Waals surface area contributed by atoms with Crippen molar-refractivity contribution in [2.24, 2.45) is 0 Å². The molecular weight excluding hydrogens is 428 g/mol. The maximum atomic E-state index is 12.2. The zero-order valence-electron chi connectivity index (χ0n) is 18.6. The third kappa shape index (κ3) is 6.98. The summed E-state index contributed by atoms with van der Waals surface area (Å²) in [6.45, 7) is 14.6. The first-order valence-corrected chi connectivity index (χ1v) is 10.8. The molecule has 2 amide bonds. The van der Waals surface area contributed by atoms with Crippen molar-refractivity contribution in [3.63, 3.8) is 0 Å². The van der Waals surface area contributed by atoms with Crippen LogP contribution in [0.2, 0.25) is 5.28 Å². The third-order valence-electron chi connectivity index (χ3n) is 3.71. The Morgan fingerprint density at radius 1 is 1.07 bits per heavy atom. The maximum Gasteiger partial charge on any atom is 0.413 e. The number of anilines is 1. The summed E-state index contributed by atoms with van der Waals surface area (Å²) in [7, 11) is 0.